The maximum absolute atomic E-state index is 12.3. The number of ketones is 1. The van der Waals surface area contributed by atoms with Crippen molar-refractivity contribution in [3.8, 4) is 0 Å². The summed E-state index contributed by atoms with van der Waals surface area (Å²) in [7, 11) is 0. The van der Waals surface area contributed by atoms with Crippen molar-refractivity contribution in [3.05, 3.63) is 0 Å². The van der Waals surface area contributed by atoms with Gasteiger partial charge >= 0.3 is 0 Å². The molecule has 2 amide bonds. The lowest BCUT2D eigenvalue weighted by Gasteiger charge is -2.39. The van der Waals surface area contributed by atoms with Crippen LogP contribution in [0.1, 0.15) is 110 Å². The lowest BCUT2D eigenvalue weighted by molar-refractivity contribution is -0.148. The molecule has 0 aliphatic carbocycles. The fraction of sp³-hybridized carbons (Fsp3) is 0.897. The minimum Gasteiger partial charge on any atom is -0.339 e. The van der Waals surface area contributed by atoms with E-state index >= 15 is 0 Å². The van der Waals surface area contributed by atoms with Crippen molar-refractivity contribution in [3.63, 3.8) is 0 Å². The molecule has 6 heteroatoms. The second kappa shape index (κ2) is 12.7. The van der Waals surface area contributed by atoms with Crippen LogP contribution in [0.3, 0.4) is 0 Å². The van der Waals surface area contributed by atoms with Gasteiger partial charge in [-0.15, -0.1) is 0 Å². The van der Waals surface area contributed by atoms with Crippen molar-refractivity contribution in [2.75, 3.05) is 32.7 Å². The first kappa shape index (κ1) is 33.6. The molecule has 2 rings (SSSR count). The van der Waals surface area contributed by atoms with E-state index in [0.29, 0.717) is 32.0 Å². The molecular formula is C29H57N3O3. The molecule has 2 heterocycles. The molecule has 0 bridgehead atoms. The summed E-state index contributed by atoms with van der Waals surface area (Å²) in [5, 5.41) is 0. The van der Waals surface area contributed by atoms with Crippen molar-refractivity contribution in [1.82, 2.24) is 14.7 Å². The number of amides is 2. The van der Waals surface area contributed by atoms with Crippen LogP contribution < -0.4 is 0 Å². The van der Waals surface area contributed by atoms with E-state index in [1.54, 1.807) is 0 Å². The van der Waals surface area contributed by atoms with Gasteiger partial charge < -0.3 is 9.80 Å². The van der Waals surface area contributed by atoms with Gasteiger partial charge in [0.1, 0.15) is 0 Å². The third-order valence-corrected chi connectivity index (χ3v) is 6.29. The monoisotopic (exact) mass is 495 g/mol. The number of piperazine rings is 1. The largest absolute Gasteiger partial charge is 0.339 e. The van der Waals surface area contributed by atoms with Crippen LogP contribution >= 0.6 is 0 Å². The van der Waals surface area contributed by atoms with Crippen LogP contribution in [0.4, 0.5) is 0 Å². The molecule has 35 heavy (non-hydrogen) atoms. The minimum atomic E-state index is -0.337. The Hall–Kier alpha value is -1.43. The zero-order chi connectivity index (χ0) is 28.0. The number of carbonyl (C=O) groups is 3. The highest BCUT2D eigenvalue weighted by Crippen LogP contribution is 2.31. The van der Waals surface area contributed by atoms with Gasteiger partial charge in [0.05, 0.1) is 6.04 Å². The van der Waals surface area contributed by atoms with E-state index in [4.69, 9.17) is 0 Å². The first-order valence-electron chi connectivity index (χ1n) is 13.6. The van der Waals surface area contributed by atoms with E-state index in [2.05, 4.69) is 25.7 Å². The van der Waals surface area contributed by atoms with Gasteiger partial charge in [0.2, 0.25) is 11.8 Å². The molecule has 2 fully saturated rings. The third-order valence-electron chi connectivity index (χ3n) is 6.29. The summed E-state index contributed by atoms with van der Waals surface area (Å²) in [5.41, 5.74) is -0.771. The van der Waals surface area contributed by atoms with E-state index in [0.717, 1.165) is 19.4 Å². The Kier molecular flexibility index (Phi) is 12.2. The molecule has 2 aliphatic rings. The molecule has 0 aromatic carbocycles. The average Bonchev–Trinajstić information content (AvgIpc) is 3.22. The average molecular weight is 496 g/mol. The molecule has 0 N–H and O–H groups in total. The Morgan fingerprint density at radius 2 is 0.914 bits per heavy atom. The molecule has 1 unspecified atom stereocenters. The zero-order valence-corrected chi connectivity index (χ0v) is 25.6. The first-order chi connectivity index (χ1) is 15.7. The topological polar surface area (TPSA) is 60.9 Å². The summed E-state index contributed by atoms with van der Waals surface area (Å²) in [6.45, 7) is 31.9. The van der Waals surface area contributed by atoms with Gasteiger partial charge in [-0.25, -0.2) is 0 Å². The summed E-state index contributed by atoms with van der Waals surface area (Å²) in [5.74, 6) is 0.741. The second-order valence-electron chi connectivity index (χ2n) is 13.7. The fourth-order valence-electron chi connectivity index (χ4n) is 4.40. The lowest BCUT2D eigenvalue weighted by Crippen LogP contribution is -2.54. The highest BCUT2D eigenvalue weighted by atomic mass is 16.2. The summed E-state index contributed by atoms with van der Waals surface area (Å²) in [6.07, 6.45) is 2.19. The maximum Gasteiger partial charge on any atom is 0.228 e. The Bertz CT molecular complexity index is 661. The molecule has 2 aliphatic heterocycles. The van der Waals surface area contributed by atoms with Gasteiger partial charge in [0.25, 0.3) is 0 Å². The molecule has 0 spiro atoms. The quantitative estimate of drug-likeness (QED) is 0.472. The van der Waals surface area contributed by atoms with Gasteiger partial charge in [-0.1, -0.05) is 76.2 Å². The number of nitrogens with zero attached hydrogens (tertiary/aromatic N) is 3. The number of carbonyl (C=O) groups excluding carboxylic acids is 3. The van der Waals surface area contributed by atoms with Crippen LogP contribution in [0, 0.1) is 16.2 Å². The van der Waals surface area contributed by atoms with Crippen LogP contribution in [0.5, 0.6) is 0 Å². The number of rotatable bonds is 1. The van der Waals surface area contributed by atoms with Crippen molar-refractivity contribution in [1.29, 1.82) is 0 Å². The molecule has 206 valence electrons. The normalized spacial score (nSPS) is 19.9. The van der Waals surface area contributed by atoms with E-state index in [1.807, 2.05) is 86.0 Å². The van der Waals surface area contributed by atoms with Crippen LogP contribution in [0.25, 0.3) is 0 Å². The highest BCUT2D eigenvalue weighted by Gasteiger charge is 2.40. The summed E-state index contributed by atoms with van der Waals surface area (Å²) in [4.78, 5) is 42.6. The first-order valence-corrected chi connectivity index (χ1v) is 13.6. The van der Waals surface area contributed by atoms with E-state index in [9.17, 15) is 14.4 Å². The SMILES string of the molecule is CC.CC(C)(C)C(=O)C1CCCN1C(C)(C)C.CC(C)(C)C(=O)N1CCN(C(=O)C(C)(C)C)CC1. The van der Waals surface area contributed by atoms with Crippen molar-refractivity contribution in [2.45, 2.75) is 121 Å². The second-order valence-corrected chi connectivity index (χ2v) is 13.7. The summed E-state index contributed by atoms with van der Waals surface area (Å²) < 4.78 is 0. The number of hydrogen-bond donors (Lipinski definition) is 0. The van der Waals surface area contributed by atoms with E-state index < -0.39 is 0 Å². The molecular weight excluding hydrogens is 438 g/mol. The summed E-state index contributed by atoms with van der Waals surface area (Å²) >= 11 is 0. The lowest BCUT2D eigenvalue weighted by atomic mass is 9.84. The smallest absolute Gasteiger partial charge is 0.228 e. The van der Waals surface area contributed by atoms with Crippen molar-refractivity contribution >= 4 is 17.6 Å². The highest BCUT2D eigenvalue weighted by molar-refractivity contribution is 5.89. The zero-order valence-electron chi connectivity index (χ0n) is 25.6. The standard InChI is InChI=1S/C14H26N2O2.C13H25NO.C2H6/c1-13(2,3)11(17)15-7-9-16(10-8-15)12(18)14(4,5)6;1-12(2,3)11(15)10-8-7-9-14(10)13(4,5)6;1-2/h7-10H2,1-6H3;10H,7-9H2,1-6H3;1-2H3. The number of hydrogen-bond acceptors (Lipinski definition) is 4. The van der Waals surface area contributed by atoms with Gasteiger partial charge in [-0.3, -0.25) is 19.3 Å². The van der Waals surface area contributed by atoms with Gasteiger partial charge in [-0.05, 0) is 40.2 Å². The molecule has 1 atom stereocenters. The fourth-order valence-corrected chi connectivity index (χ4v) is 4.40. The molecule has 0 radical (unpaired) electrons. The van der Waals surface area contributed by atoms with E-state index in [1.165, 1.54) is 0 Å². The Labute approximate surface area is 217 Å². The molecule has 0 aromatic heterocycles. The summed E-state index contributed by atoms with van der Waals surface area (Å²) in [6, 6.07) is 0.144. The van der Waals surface area contributed by atoms with Crippen LogP contribution in [0.2, 0.25) is 0 Å². The van der Waals surface area contributed by atoms with Crippen molar-refractivity contribution < 1.29 is 14.4 Å². The van der Waals surface area contributed by atoms with Crippen LogP contribution in [0.15, 0.2) is 0 Å². The van der Waals surface area contributed by atoms with E-state index in [-0.39, 0.29) is 39.6 Å². The Morgan fingerprint density at radius 1 is 0.571 bits per heavy atom. The van der Waals surface area contributed by atoms with Gasteiger partial charge in [0, 0.05) is 48.0 Å². The predicted molar refractivity (Wildman–Crippen MR) is 147 cm³/mol. The van der Waals surface area contributed by atoms with Crippen LogP contribution in [-0.2, 0) is 14.4 Å². The molecule has 6 nitrogen and oxygen atoms in total. The maximum atomic E-state index is 12.3. The van der Waals surface area contributed by atoms with Gasteiger partial charge in [0.15, 0.2) is 5.78 Å². The molecule has 0 saturated carbocycles. The third kappa shape index (κ3) is 10.2. The van der Waals surface area contributed by atoms with Crippen LogP contribution in [-0.4, -0.2) is 76.6 Å². The molecule has 0 aromatic rings. The number of likely N-dealkylation sites (tertiary alicyclic amines) is 1. The molecule has 2 saturated heterocycles. The van der Waals surface area contributed by atoms with Crippen molar-refractivity contribution in [2.24, 2.45) is 16.2 Å². The number of Topliss-reactive ketones (excluding diaryl/α,β-unsaturated/α-hetero) is 1. The Balaban J connectivity index is 0.000000625. The van der Waals surface area contributed by atoms with Gasteiger partial charge in [-0.2, -0.15) is 0 Å². The Morgan fingerprint density at radius 3 is 1.17 bits per heavy atom. The minimum absolute atomic E-state index is 0.113. The predicted octanol–water partition coefficient (Wildman–Crippen LogP) is 5.64.